The van der Waals surface area contributed by atoms with E-state index in [-0.39, 0.29) is 6.15 Å². The molecule has 0 aromatic heterocycles. The van der Waals surface area contributed by atoms with Crippen molar-refractivity contribution in [2.75, 3.05) is 0 Å². The Hall–Kier alpha value is 0.557. The first-order valence-electron chi connectivity index (χ1n) is 2.00. The van der Waals surface area contributed by atoms with Crippen molar-refractivity contribution in [3.8, 4) is 0 Å². The molecular weight excluding hydrogens is 69.0 g/mol. The van der Waals surface area contributed by atoms with Crippen LogP contribution >= 0.6 is 0 Å². The molecule has 0 aromatic rings. The Morgan fingerprint density at radius 1 is 1.17 bits per heavy atom. The van der Waals surface area contributed by atoms with Gasteiger partial charge in [-0.05, 0) is 0 Å². The molecule has 0 aliphatic carbocycles. The van der Waals surface area contributed by atoms with Gasteiger partial charge >= 0.3 is 42.6 Å². The molecule has 0 saturated carbocycles. The van der Waals surface area contributed by atoms with E-state index in [2.05, 4.69) is 38.5 Å². The van der Waals surface area contributed by atoms with E-state index < -0.39 is 0 Å². The van der Waals surface area contributed by atoms with Crippen LogP contribution in [0.25, 0.3) is 0 Å². The molecule has 1 nitrogen and oxygen atoms in total. The Labute approximate surface area is 49.3 Å². The summed E-state index contributed by atoms with van der Waals surface area (Å²) in [4.78, 5) is 0. The van der Waals surface area contributed by atoms with Gasteiger partial charge < -0.3 is 0 Å². The standard InChI is InChI=1S/C4H9.Li.N/c1-4(2)3;;/h1-3H3;;. The van der Waals surface area contributed by atoms with Crippen LogP contribution in [0.3, 0.4) is 0 Å². The summed E-state index contributed by atoms with van der Waals surface area (Å²) in [5.74, 6) is 0. The summed E-state index contributed by atoms with van der Waals surface area (Å²) in [7, 11) is 0. The monoisotopic (exact) mass is 78.1 g/mol. The van der Waals surface area contributed by atoms with E-state index in [1.165, 1.54) is 0 Å². The largest absolute Gasteiger partial charge is 0 e. The third-order valence-electron chi connectivity index (χ3n) is 0. The van der Waals surface area contributed by atoms with Crippen molar-refractivity contribution < 1.29 is 0 Å². The van der Waals surface area contributed by atoms with Crippen LogP contribution in [0.4, 0.5) is 0 Å². The quantitative estimate of drug-likeness (QED) is 0.385. The molecular formula is C4H9LiN. The second-order valence-corrected chi connectivity index (χ2v) is 3.00. The fraction of sp³-hybridized carbons (Fsp3) is 1.00. The van der Waals surface area contributed by atoms with Crippen LogP contribution in [-0.2, 0) is 0 Å². The van der Waals surface area contributed by atoms with Crippen LogP contribution in [0.2, 0.25) is 4.09 Å². The van der Waals surface area contributed by atoms with Gasteiger partial charge in [0.25, 0.3) is 0 Å². The second kappa shape index (κ2) is 2.68. The average molecular weight is 78.1 g/mol. The fourth-order valence-corrected chi connectivity index (χ4v) is 0. The minimum atomic E-state index is 0. The van der Waals surface area contributed by atoms with Crippen molar-refractivity contribution in [3.63, 3.8) is 0 Å². The van der Waals surface area contributed by atoms with Gasteiger partial charge in [-0.3, -0.25) is 0 Å². The van der Waals surface area contributed by atoms with E-state index in [0.717, 1.165) is 0 Å². The van der Waals surface area contributed by atoms with Gasteiger partial charge in [-0.15, -0.1) is 0 Å². The van der Waals surface area contributed by atoms with E-state index in [4.69, 9.17) is 0 Å². The van der Waals surface area contributed by atoms with Crippen molar-refractivity contribution in [2.45, 2.75) is 24.9 Å². The topological polar surface area (TPSA) is 30.5 Å². The summed E-state index contributed by atoms with van der Waals surface area (Å²) in [6, 6.07) is 0. The summed E-state index contributed by atoms with van der Waals surface area (Å²) in [6.45, 7) is 6.56. The maximum atomic E-state index is 2.19. The zero-order chi connectivity index (χ0) is 4.50. The molecule has 0 saturated heterocycles. The molecule has 0 bridgehead atoms. The van der Waals surface area contributed by atoms with Gasteiger partial charge in [-0.25, -0.2) is 0 Å². The van der Waals surface area contributed by atoms with Crippen molar-refractivity contribution in [2.24, 2.45) is 0 Å². The number of rotatable bonds is 0. The molecule has 0 spiro atoms. The third-order valence-corrected chi connectivity index (χ3v) is 0. The molecule has 0 aliphatic heterocycles. The number of hydrogen-bond donors (Lipinski definition) is 0. The Morgan fingerprint density at radius 2 is 1.17 bits per heavy atom. The third kappa shape index (κ3) is 186. The zero-order valence-electron chi connectivity index (χ0n) is 4.95. The number of nitrogens with zero attached hydrogens (tertiary/aromatic N) is 1. The Kier molecular flexibility index (Phi) is 4.36. The summed E-state index contributed by atoms with van der Waals surface area (Å²) in [6.07, 6.45) is 0. The Morgan fingerprint density at radius 3 is 1.17 bits per heavy atom. The van der Waals surface area contributed by atoms with E-state index in [1.54, 1.807) is 0 Å². The van der Waals surface area contributed by atoms with Crippen LogP contribution in [0, 0.1) is 0 Å². The molecule has 0 heterocycles. The van der Waals surface area contributed by atoms with Crippen LogP contribution in [-0.4, -0.2) is 17.7 Å². The van der Waals surface area contributed by atoms with Gasteiger partial charge in [-0.1, -0.05) is 0 Å². The predicted octanol–water partition coefficient (Wildman–Crippen LogP) is 0.893. The van der Waals surface area contributed by atoms with E-state index in [9.17, 15) is 0 Å². The molecule has 3 radical (unpaired) electrons. The molecule has 31 valence electrons. The zero-order valence-corrected chi connectivity index (χ0v) is 4.95. The van der Waals surface area contributed by atoms with Crippen molar-refractivity contribution in [1.29, 1.82) is 0 Å². The van der Waals surface area contributed by atoms with Crippen LogP contribution in [0.5, 0.6) is 0 Å². The van der Waals surface area contributed by atoms with Crippen molar-refractivity contribution >= 4 is 17.7 Å². The van der Waals surface area contributed by atoms with Crippen molar-refractivity contribution in [1.82, 2.24) is 6.15 Å². The van der Waals surface area contributed by atoms with E-state index in [1.807, 2.05) is 0 Å². The Bertz CT molecular complexity index is 23.0. The second-order valence-electron chi connectivity index (χ2n) is 3.00. The van der Waals surface area contributed by atoms with Crippen LogP contribution < -0.4 is 6.15 Å². The molecule has 0 aliphatic rings. The molecule has 0 amide bonds. The fourth-order valence-electron chi connectivity index (χ4n) is 0. The molecule has 6 heavy (non-hydrogen) atoms. The SMILES string of the molecule is [Li][C](C)(C)C.[N]. The first-order valence-corrected chi connectivity index (χ1v) is 2.00. The van der Waals surface area contributed by atoms with Crippen LogP contribution in [0.1, 0.15) is 20.8 Å². The molecule has 2 heteroatoms. The molecule has 0 N–H and O–H groups in total. The Balaban J connectivity index is 0. The first kappa shape index (κ1) is 9.75. The summed E-state index contributed by atoms with van der Waals surface area (Å²) in [5.41, 5.74) is 0. The van der Waals surface area contributed by atoms with Gasteiger partial charge in [0.15, 0.2) is 0 Å². The molecule has 0 rings (SSSR count). The van der Waals surface area contributed by atoms with E-state index >= 15 is 0 Å². The van der Waals surface area contributed by atoms with Gasteiger partial charge in [0, 0.05) is 6.15 Å². The maximum Gasteiger partial charge on any atom is 0 e. The minimum Gasteiger partial charge on any atom is 0 e. The van der Waals surface area contributed by atoms with Crippen molar-refractivity contribution in [3.05, 3.63) is 0 Å². The molecule has 0 fully saturated rings. The number of hydrogen-bond acceptors (Lipinski definition) is 0. The van der Waals surface area contributed by atoms with Gasteiger partial charge in [-0.2, -0.15) is 0 Å². The van der Waals surface area contributed by atoms with Gasteiger partial charge in [0.2, 0.25) is 0 Å². The molecule has 0 atom stereocenters. The normalized spacial score (nSPS) is 10.2. The summed E-state index contributed by atoms with van der Waals surface area (Å²) in [5, 5.41) is 0. The van der Waals surface area contributed by atoms with Gasteiger partial charge in [0.1, 0.15) is 0 Å². The molecule has 0 aromatic carbocycles. The first-order chi connectivity index (χ1) is 2.00. The predicted molar refractivity (Wildman–Crippen MR) is 27.6 cm³/mol. The molecule has 0 unspecified atom stereocenters. The maximum absolute atomic E-state index is 2.19. The summed E-state index contributed by atoms with van der Waals surface area (Å²) >= 11 is 2.19. The minimum absolute atomic E-state index is 0. The van der Waals surface area contributed by atoms with E-state index in [0.29, 0.717) is 4.09 Å². The summed E-state index contributed by atoms with van der Waals surface area (Å²) < 4.78 is 0.500. The van der Waals surface area contributed by atoms with Crippen LogP contribution in [0.15, 0.2) is 0 Å². The van der Waals surface area contributed by atoms with Gasteiger partial charge in [0.05, 0.1) is 0 Å². The smallest absolute Gasteiger partial charge is 0 e. The average Bonchev–Trinajstić information content (AvgIpc) is 0.722.